The number of carbonyl (C=O) groups is 1. The number of likely N-dealkylation sites (N-methyl/N-ethyl adjacent to an activating group) is 2. The number of nitrogens with one attached hydrogen (secondary N) is 2. The van der Waals surface area contributed by atoms with Crippen molar-refractivity contribution in [3.05, 3.63) is 131 Å². The van der Waals surface area contributed by atoms with Crippen LogP contribution in [0.5, 0.6) is 34.5 Å². The Labute approximate surface area is 548 Å². The number of anilines is 1. The fraction of sp³-hybridized carbons (Fsp3) is 0.468. The first-order chi connectivity index (χ1) is 44.5. The van der Waals surface area contributed by atoms with Gasteiger partial charge in [-0.3, -0.25) is 23.7 Å². The molecular weight excluding hydrogens is 1230 g/mol. The Morgan fingerprint density at radius 3 is 2.14 bits per heavy atom. The number of methoxy groups -OCH3 is 2. The van der Waals surface area contributed by atoms with Gasteiger partial charge in [-0.15, -0.1) is 0 Å². The van der Waals surface area contributed by atoms with Crippen LogP contribution < -0.4 is 49.7 Å². The molecule has 2 unspecified atom stereocenters. The van der Waals surface area contributed by atoms with Gasteiger partial charge in [-0.25, -0.2) is 24.9 Å². The van der Waals surface area contributed by atoms with Crippen molar-refractivity contribution in [3.63, 3.8) is 0 Å². The molecule has 1 fully saturated rings. The lowest BCUT2D eigenvalue weighted by Gasteiger charge is -2.49. The van der Waals surface area contributed by atoms with E-state index in [1.807, 2.05) is 52.1 Å². The summed E-state index contributed by atoms with van der Waals surface area (Å²) in [5, 5.41) is 13.9. The third-order valence-electron chi connectivity index (χ3n) is 16.8. The van der Waals surface area contributed by atoms with Crippen molar-refractivity contribution in [1.29, 1.82) is 0 Å². The SMILES string of the molecule is CC(c1nc(-n2ccnc2)ns1)N(C)CCNCc1ccc2c(c1)OCCO2.CN(CCc1ccc2c(c1)OCO2)CCN1CCCC1c1nc(-n2cncn2)ns1.COc1ccc(CCNC(C)(C)C(C)(C)N(CC(N)=O)c2nc(-n3ccnc3)ns2)cc1OC. The highest BCUT2D eigenvalue weighted by Crippen LogP contribution is 2.37. The lowest BCUT2D eigenvalue weighted by atomic mass is 9.80. The zero-order valence-electron chi connectivity index (χ0n) is 53.5. The summed E-state index contributed by atoms with van der Waals surface area (Å²) >= 11 is 4.13. The van der Waals surface area contributed by atoms with Gasteiger partial charge in [-0.1, -0.05) is 18.2 Å². The minimum atomic E-state index is -0.536. The Hall–Kier alpha value is -8.23. The Bertz CT molecular complexity index is 3730. The van der Waals surface area contributed by atoms with Crippen LogP contribution in [-0.2, 0) is 24.2 Å². The number of ether oxygens (including phenoxy) is 6. The highest BCUT2D eigenvalue weighted by molar-refractivity contribution is 7.09. The van der Waals surface area contributed by atoms with Gasteiger partial charge in [0, 0.05) is 81.1 Å². The number of amides is 1. The van der Waals surface area contributed by atoms with Crippen molar-refractivity contribution in [3.8, 4) is 52.3 Å². The van der Waals surface area contributed by atoms with Crippen LogP contribution in [0.25, 0.3) is 17.8 Å². The van der Waals surface area contributed by atoms with Gasteiger partial charge < -0.3 is 54.6 Å². The van der Waals surface area contributed by atoms with E-state index in [1.165, 1.54) is 58.5 Å². The van der Waals surface area contributed by atoms with Crippen LogP contribution >= 0.6 is 34.6 Å². The summed E-state index contributed by atoms with van der Waals surface area (Å²) in [7, 11) is 7.54. The molecule has 1 amide bonds. The highest BCUT2D eigenvalue weighted by atomic mass is 32.1. The van der Waals surface area contributed by atoms with Crippen LogP contribution in [0, 0.1) is 0 Å². The maximum Gasteiger partial charge on any atom is 0.264 e. The number of fused-ring (bicyclic) bond motifs is 2. The van der Waals surface area contributed by atoms with Crippen LogP contribution in [0.4, 0.5) is 5.13 Å². The van der Waals surface area contributed by atoms with E-state index in [9.17, 15) is 4.79 Å². The predicted molar refractivity (Wildman–Crippen MR) is 352 cm³/mol. The van der Waals surface area contributed by atoms with Crippen molar-refractivity contribution >= 4 is 45.6 Å². The molecule has 0 aliphatic carbocycles. The average molecular weight is 1320 g/mol. The summed E-state index contributed by atoms with van der Waals surface area (Å²) in [6.45, 7) is 19.5. The molecule has 6 aromatic heterocycles. The minimum absolute atomic E-state index is 0.0202. The molecule has 2 atom stereocenters. The van der Waals surface area contributed by atoms with Gasteiger partial charge in [0.2, 0.25) is 29.7 Å². The smallest absolute Gasteiger partial charge is 0.264 e. The Balaban J connectivity index is 0.000000152. The summed E-state index contributed by atoms with van der Waals surface area (Å²) < 4.78 is 51.3. The largest absolute Gasteiger partial charge is 0.493 e. The average Bonchev–Trinajstić information content (AvgIpc) is 1.26. The highest BCUT2D eigenvalue weighted by Gasteiger charge is 2.44. The first kappa shape index (κ1) is 66.7. The van der Waals surface area contributed by atoms with Gasteiger partial charge in [0.25, 0.3) is 5.95 Å². The number of nitrogens with two attached hydrogens (primary N) is 1. The number of nitrogens with zero attached hydrogens (tertiary/aromatic N) is 17. The third kappa shape index (κ3) is 17.1. The molecule has 4 N–H and O–H groups in total. The summed E-state index contributed by atoms with van der Waals surface area (Å²) in [6, 6.07) is 18.8. The van der Waals surface area contributed by atoms with Crippen molar-refractivity contribution in [1.82, 2.24) is 87.3 Å². The first-order valence-electron chi connectivity index (χ1n) is 30.5. The molecule has 0 radical (unpaired) electrons. The Morgan fingerprint density at radius 2 is 1.41 bits per heavy atom. The maximum absolute atomic E-state index is 12.0. The monoisotopic (exact) mass is 1310 g/mol. The molecule has 3 aliphatic rings. The number of primary amides is 1. The lowest BCUT2D eigenvalue weighted by molar-refractivity contribution is -0.117. The van der Waals surface area contributed by atoms with Crippen LogP contribution in [0.2, 0.25) is 0 Å². The molecular formula is C62H82N20O7S3. The molecule has 490 valence electrons. The standard InChI is InChI=1S/C23H33N7O3S.C20H25N7O2S.C19H24N6O2S/c1-22(2,26-10-9-16-7-8-17(32-5)18(13-16)33-6)23(3,4)30(14-19(24)31)21-27-20(28-34-21)29-12-11-25-15-29;1-25(8-6-15-4-5-17-18(11-15)29-14-28-17)9-10-26-7-2-3-16(26)19-23-20(24-30-19)27-13-21-12-22-27;1-14(18-22-19(23-28-18)25-8-6-21-13-25)24(2)7-5-20-12-15-3-4-16-17(11-15)27-10-9-26-16/h7-8,11-13,15,26H,9-10,14H2,1-6H3,(H2,24,31);4-5,11-13,16H,2-3,6-10,14H2,1H3;3-4,6,8,11,13-14,20H,5,7,9-10,12H2,1-2H3. The van der Waals surface area contributed by atoms with Crippen molar-refractivity contribution in [2.45, 2.75) is 90.0 Å². The second-order valence-electron chi connectivity index (χ2n) is 23.4. The minimum Gasteiger partial charge on any atom is -0.493 e. The van der Waals surface area contributed by atoms with Gasteiger partial charge in [0.05, 0.1) is 38.4 Å². The molecule has 12 rings (SSSR count). The van der Waals surface area contributed by atoms with Crippen molar-refractivity contribution in [2.75, 3.05) is 106 Å². The molecule has 0 saturated carbocycles. The van der Waals surface area contributed by atoms with Crippen LogP contribution in [0.3, 0.4) is 0 Å². The van der Waals surface area contributed by atoms with E-state index in [0.29, 0.717) is 67.1 Å². The molecule has 9 heterocycles. The zero-order chi connectivity index (χ0) is 64.6. The molecule has 1 saturated heterocycles. The number of hydrogen-bond donors (Lipinski definition) is 3. The molecule has 92 heavy (non-hydrogen) atoms. The van der Waals surface area contributed by atoms with Crippen LogP contribution in [0.15, 0.2) is 105 Å². The summed E-state index contributed by atoms with van der Waals surface area (Å²) in [4.78, 5) is 47.1. The normalized spacial score (nSPS) is 14.8. The van der Waals surface area contributed by atoms with E-state index in [-0.39, 0.29) is 12.6 Å². The van der Waals surface area contributed by atoms with Gasteiger partial charge in [-0.05, 0) is 164 Å². The number of aromatic nitrogens is 13. The first-order valence-corrected chi connectivity index (χ1v) is 32.8. The van der Waals surface area contributed by atoms with Crippen molar-refractivity contribution < 1.29 is 33.2 Å². The number of rotatable bonds is 28. The zero-order valence-corrected chi connectivity index (χ0v) is 56.0. The molecule has 27 nitrogen and oxygen atoms in total. The van der Waals surface area contributed by atoms with Crippen LogP contribution in [-0.4, -0.2) is 194 Å². The van der Waals surface area contributed by atoms with Crippen molar-refractivity contribution in [2.24, 2.45) is 5.73 Å². The van der Waals surface area contributed by atoms with Gasteiger partial charge >= 0.3 is 0 Å². The van der Waals surface area contributed by atoms with E-state index in [0.717, 1.165) is 104 Å². The third-order valence-corrected chi connectivity index (χ3v) is 19.2. The van der Waals surface area contributed by atoms with Gasteiger partial charge in [-0.2, -0.15) is 27.9 Å². The predicted octanol–water partition coefficient (Wildman–Crippen LogP) is 6.86. The summed E-state index contributed by atoms with van der Waals surface area (Å²) in [5.41, 5.74) is 8.26. The summed E-state index contributed by atoms with van der Waals surface area (Å²) in [6.07, 6.45) is 17.6. The maximum atomic E-state index is 12.0. The fourth-order valence-corrected chi connectivity index (χ4v) is 12.9. The lowest BCUT2D eigenvalue weighted by Crippen LogP contribution is -2.66. The Morgan fingerprint density at radius 1 is 0.739 bits per heavy atom. The van der Waals surface area contributed by atoms with Gasteiger partial charge in [0.1, 0.15) is 48.5 Å². The molecule has 3 aliphatic heterocycles. The summed E-state index contributed by atoms with van der Waals surface area (Å²) in [5.74, 6) is 6.13. The molecule has 3 aromatic carbocycles. The number of likely N-dealkylation sites (tertiary alicyclic amines) is 1. The second kappa shape index (κ2) is 31.4. The fourth-order valence-electron chi connectivity index (χ4n) is 10.5. The molecule has 9 aromatic rings. The number of carbonyl (C=O) groups excluding carboxylic acids is 1. The van der Waals surface area contributed by atoms with E-state index in [2.05, 4.69) is 135 Å². The van der Waals surface area contributed by atoms with E-state index in [4.69, 9.17) is 39.1 Å². The second-order valence-corrected chi connectivity index (χ2v) is 25.7. The van der Waals surface area contributed by atoms with Gasteiger partial charge in [0.15, 0.2) is 34.5 Å². The topological polar surface area (TPSA) is 279 Å². The number of benzene rings is 3. The molecule has 0 bridgehead atoms. The van der Waals surface area contributed by atoms with E-state index in [1.54, 1.807) is 61.0 Å². The number of imidazole rings is 2. The molecule has 30 heteroatoms. The number of hydrogen-bond acceptors (Lipinski definition) is 26. The Kier molecular flexibility index (Phi) is 22.8. The van der Waals surface area contributed by atoms with Crippen LogP contribution in [0.1, 0.15) is 86.2 Å². The quantitative estimate of drug-likeness (QED) is 0.0422. The molecule has 0 spiro atoms. The van der Waals surface area contributed by atoms with E-state index >= 15 is 0 Å². The van der Waals surface area contributed by atoms with E-state index < -0.39 is 17.0 Å².